The Bertz CT molecular complexity index is 660. The highest BCUT2D eigenvalue weighted by Crippen LogP contribution is 2.32. The zero-order chi connectivity index (χ0) is 15.5. The van der Waals surface area contributed by atoms with E-state index in [1.165, 1.54) is 5.56 Å². The molecule has 2 aromatic carbocycles. The summed E-state index contributed by atoms with van der Waals surface area (Å²) in [6.07, 6.45) is 0. The first-order chi connectivity index (χ1) is 10.7. The predicted molar refractivity (Wildman–Crippen MR) is 85.5 cm³/mol. The molecule has 1 aliphatic heterocycles. The molecule has 0 saturated carbocycles. The van der Waals surface area contributed by atoms with Crippen LogP contribution in [0.5, 0.6) is 5.75 Å². The van der Waals surface area contributed by atoms with Gasteiger partial charge in [0.1, 0.15) is 5.75 Å². The van der Waals surface area contributed by atoms with Gasteiger partial charge in [-0.25, -0.2) is 4.79 Å². The number of carbonyl (C=O) groups is 1. The molecule has 0 amide bonds. The second-order valence-corrected chi connectivity index (χ2v) is 5.46. The summed E-state index contributed by atoms with van der Waals surface area (Å²) >= 11 is 0. The quantitative estimate of drug-likeness (QED) is 0.881. The summed E-state index contributed by atoms with van der Waals surface area (Å²) in [6.45, 7) is 4.03. The van der Waals surface area contributed by atoms with Crippen molar-refractivity contribution in [3.8, 4) is 5.75 Å². The molecule has 1 saturated heterocycles. The summed E-state index contributed by atoms with van der Waals surface area (Å²) in [5.74, 6) is 0.435. The van der Waals surface area contributed by atoms with E-state index in [0.29, 0.717) is 18.1 Å². The van der Waals surface area contributed by atoms with E-state index in [1.807, 2.05) is 31.2 Å². The average Bonchev–Trinajstić information content (AvgIpc) is 2.48. The first-order valence-corrected chi connectivity index (χ1v) is 7.48. The molecule has 0 spiro atoms. The monoisotopic (exact) mass is 297 g/mol. The topological polar surface area (TPSA) is 49.8 Å². The number of rotatable bonds is 4. The number of benzene rings is 2. The fourth-order valence-corrected chi connectivity index (χ4v) is 2.70. The molecule has 1 N–H and O–H groups in total. The summed E-state index contributed by atoms with van der Waals surface area (Å²) < 4.78 is 5.04. The SMILES string of the molecule is CCOC(=O)c1cccc(C2CN(c3ccc(O)cc3)C2)c1. The smallest absolute Gasteiger partial charge is 0.338 e. The third kappa shape index (κ3) is 2.91. The Morgan fingerprint density at radius 3 is 2.64 bits per heavy atom. The van der Waals surface area contributed by atoms with Crippen LogP contribution < -0.4 is 4.90 Å². The van der Waals surface area contributed by atoms with Crippen LogP contribution in [0, 0.1) is 0 Å². The molecule has 0 aliphatic carbocycles. The molecule has 0 radical (unpaired) electrons. The van der Waals surface area contributed by atoms with Crippen molar-refractivity contribution in [1.82, 2.24) is 0 Å². The molecule has 0 atom stereocenters. The van der Waals surface area contributed by atoms with Gasteiger partial charge < -0.3 is 14.7 Å². The minimum Gasteiger partial charge on any atom is -0.508 e. The highest BCUT2D eigenvalue weighted by molar-refractivity contribution is 5.89. The number of phenolic OH excluding ortho intramolecular Hbond substituents is 1. The maximum Gasteiger partial charge on any atom is 0.338 e. The van der Waals surface area contributed by atoms with E-state index in [9.17, 15) is 9.90 Å². The van der Waals surface area contributed by atoms with Gasteiger partial charge in [0, 0.05) is 24.7 Å². The third-order valence-electron chi connectivity index (χ3n) is 3.97. The molecule has 4 nitrogen and oxygen atoms in total. The van der Waals surface area contributed by atoms with Gasteiger partial charge in [-0.1, -0.05) is 12.1 Å². The van der Waals surface area contributed by atoms with Crippen LogP contribution in [-0.2, 0) is 4.74 Å². The first-order valence-electron chi connectivity index (χ1n) is 7.48. The lowest BCUT2D eigenvalue weighted by molar-refractivity contribution is 0.0526. The molecule has 2 aromatic rings. The fourth-order valence-electron chi connectivity index (χ4n) is 2.70. The van der Waals surface area contributed by atoms with Crippen molar-refractivity contribution in [2.75, 3.05) is 24.6 Å². The summed E-state index contributed by atoms with van der Waals surface area (Å²) in [6, 6.07) is 14.9. The number of aromatic hydroxyl groups is 1. The van der Waals surface area contributed by atoms with Crippen LogP contribution >= 0.6 is 0 Å². The molecule has 1 heterocycles. The molecule has 0 unspecified atom stereocenters. The Labute approximate surface area is 130 Å². The van der Waals surface area contributed by atoms with Crippen molar-refractivity contribution in [3.05, 3.63) is 59.7 Å². The van der Waals surface area contributed by atoms with E-state index in [0.717, 1.165) is 18.8 Å². The molecule has 114 valence electrons. The lowest BCUT2D eigenvalue weighted by Gasteiger charge is -2.41. The molecule has 3 rings (SSSR count). The first kappa shape index (κ1) is 14.4. The number of phenols is 1. The van der Waals surface area contributed by atoms with Crippen molar-refractivity contribution in [2.45, 2.75) is 12.8 Å². The third-order valence-corrected chi connectivity index (χ3v) is 3.97. The van der Waals surface area contributed by atoms with E-state index in [1.54, 1.807) is 18.2 Å². The number of hydrogen-bond acceptors (Lipinski definition) is 4. The fraction of sp³-hybridized carbons (Fsp3) is 0.278. The Morgan fingerprint density at radius 1 is 1.23 bits per heavy atom. The molecule has 0 aromatic heterocycles. The van der Waals surface area contributed by atoms with Crippen LogP contribution in [0.3, 0.4) is 0 Å². The van der Waals surface area contributed by atoms with Crippen LogP contribution in [-0.4, -0.2) is 30.8 Å². The number of nitrogens with zero attached hydrogens (tertiary/aromatic N) is 1. The summed E-state index contributed by atoms with van der Waals surface area (Å²) in [4.78, 5) is 14.0. The highest BCUT2D eigenvalue weighted by Gasteiger charge is 2.28. The summed E-state index contributed by atoms with van der Waals surface area (Å²) in [5.41, 5.74) is 2.89. The number of anilines is 1. The van der Waals surface area contributed by atoms with Gasteiger partial charge in [0.25, 0.3) is 0 Å². The second-order valence-electron chi connectivity index (χ2n) is 5.46. The van der Waals surface area contributed by atoms with Gasteiger partial charge >= 0.3 is 5.97 Å². The van der Waals surface area contributed by atoms with Crippen LogP contribution in [0.15, 0.2) is 48.5 Å². The number of ether oxygens (including phenoxy) is 1. The normalized spacial score (nSPS) is 14.5. The Kier molecular flexibility index (Phi) is 4.00. The van der Waals surface area contributed by atoms with Gasteiger partial charge in [0.05, 0.1) is 12.2 Å². The van der Waals surface area contributed by atoms with Gasteiger partial charge in [-0.05, 0) is 48.9 Å². The molecule has 4 heteroatoms. The van der Waals surface area contributed by atoms with E-state index in [2.05, 4.69) is 11.0 Å². The van der Waals surface area contributed by atoms with E-state index in [-0.39, 0.29) is 11.7 Å². The predicted octanol–water partition coefficient (Wildman–Crippen LogP) is 3.17. The van der Waals surface area contributed by atoms with Crippen molar-refractivity contribution in [3.63, 3.8) is 0 Å². The van der Waals surface area contributed by atoms with E-state index >= 15 is 0 Å². The maximum atomic E-state index is 11.8. The van der Waals surface area contributed by atoms with Crippen molar-refractivity contribution in [1.29, 1.82) is 0 Å². The summed E-state index contributed by atoms with van der Waals surface area (Å²) in [5, 5.41) is 9.32. The minimum atomic E-state index is -0.265. The van der Waals surface area contributed by atoms with E-state index < -0.39 is 0 Å². The van der Waals surface area contributed by atoms with Crippen LogP contribution in [0.1, 0.15) is 28.8 Å². The van der Waals surface area contributed by atoms with Crippen LogP contribution in [0.4, 0.5) is 5.69 Å². The minimum absolute atomic E-state index is 0.265. The molecular weight excluding hydrogens is 278 g/mol. The second kappa shape index (κ2) is 6.10. The highest BCUT2D eigenvalue weighted by atomic mass is 16.5. The lowest BCUT2D eigenvalue weighted by Crippen LogP contribution is -2.45. The Balaban J connectivity index is 1.66. The van der Waals surface area contributed by atoms with E-state index in [4.69, 9.17) is 4.74 Å². The molecule has 1 fully saturated rings. The number of carbonyl (C=O) groups excluding carboxylic acids is 1. The summed E-state index contributed by atoms with van der Waals surface area (Å²) in [7, 11) is 0. The lowest BCUT2D eigenvalue weighted by atomic mass is 9.90. The molecule has 22 heavy (non-hydrogen) atoms. The van der Waals surface area contributed by atoms with Crippen molar-refractivity contribution < 1.29 is 14.6 Å². The Hall–Kier alpha value is -2.49. The van der Waals surface area contributed by atoms with Gasteiger partial charge in [0.15, 0.2) is 0 Å². The van der Waals surface area contributed by atoms with Gasteiger partial charge in [-0.2, -0.15) is 0 Å². The zero-order valence-corrected chi connectivity index (χ0v) is 12.5. The van der Waals surface area contributed by atoms with Gasteiger partial charge in [-0.15, -0.1) is 0 Å². The number of esters is 1. The van der Waals surface area contributed by atoms with Crippen LogP contribution in [0.25, 0.3) is 0 Å². The Morgan fingerprint density at radius 2 is 1.95 bits per heavy atom. The molecular formula is C18H19NO3. The standard InChI is InChI=1S/C18H19NO3/c1-2-22-18(21)14-5-3-4-13(10-14)15-11-19(12-15)16-6-8-17(20)9-7-16/h3-10,15,20H,2,11-12H2,1H3. The zero-order valence-electron chi connectivity index (χ0n) is 12.5. The van der Waals surface area contributed by atoms with Crippen molar-refractivity contribution in [2.24, 2.45) is 0 Å². The molecule has 0 bridgehead atoms. The van der Waals surface area contributed by atoms with Crippen molar-refractivity contribution >= 4 is 11.7 Å². The van der Waals surface area contributed by atoms with Crippen LogP contribution in [0.2, 0.25) is 0 Å². The maximum absolute atomic E-state index is 11.8. The largest absolute Gasteiger partial charge is 0.508 e. The van der Waals surface area contributed by atoms with Gasteiger partial charge in [-0.3, -0.25) is 0 Å². The number of hydrogen-bond donors (Lipinski definition) is 1. The molecule has 1 aliphatic rings. The average molecular weight is 297 g/mol. The van der Waals surface area contributed by atoms with Gasteiger partial charge in [0.2, 0.25) is 0 Å².